The summed E-state index contributed by atoms with van der Waals surface area (Å²) in [6.07, 6.45) is 7.80. The molecule has 0 aromatic carbocycles. The van der Waals surface area contributed by atoms with Crippen molar-refractivity contribution in [2.75, 3.05) is 5.73 Å². The first-order chi connectivity index (χ1) is 8.65. The van der Waals surface area contributed by atoms with Gasteiger partial charge < -0.3 is 11.1 Å². The van der Waals surface area contributed by atoms with Gasteiger partial charge in [0.2, 0.25) is 5.91 Å². The summed E-state index contributed by atoms with van der Waals surface area (Å²) in [4.78, 5) is 11.9. The molecule has 1 aliphatic rings. The molecule has 100 valence electrons. The zero-order valence-electron chi connectivity index (χ0n) is 10.9. The molecule has 1 saturated carbocycles. The highest BCUT2D eigenvalue weighted by molar-refractivity contribution is 5.76. The van der Waals surface area contributed by atoms with Gasteiger partial charge in [-0.15, -0.1) is 0 Å². The minimum atomic E-state index is 0.0249. The molecule has 0 bridgehead atoms. The number of nitrogens with two attached hydrogens (primary N) is 1. The maximum atomic E-state index is 11.9. The third-order valence-electron chi connectivity index (χ3n) is 3.67. The molecule has 1 fully saturated rings. The van der Waals surface area contributed by atoms with Crippen molar-refractivity contribution < 1.29 is 4.79 Å². The molecule has 2 atom stereocenters. The Labute approximate surface area is 108 Å². The van der Waals surface area contributed by atoms with Crippen molar-refractivity contribution in [2.45, 2.75) is 51.6 Å². The van der Waals surface area contributed by atoms with Crippen LogP contribution in [-0.4, -0.2) is 21.7 Å². The molecule has 2 rings (SSSR count). The number of anilines is 1. The molecular weight excluding hydrogens is 228 g/mol. The van der Waals surface area contributed by atoms with E-state index in [1.54, 1.807) is 16.9 Å². The maximum absolute atomic E-state index is 11.9. The van der Waals surface area contributed by atoms with E-state index in [0.717, 1.165) is 6.42 Å². The van der Waals surface area contributed by atoms with Gasteiger partial charge in [-0.05, 0) is 24.8 Å². The molecule has 0 radical (unpaired) electrons. The Hall–Kier alpha value is -1.52. The van der Waals surface area contributed by atoms with E-state index in [4.69, 9.17) is 5.73 Å². The fourth-order valence-electron chi connectivity index (χ4n) is 2.57. The number of amides is 1. The van der Waals surface area contributed by atoms with Crippen LogP contribution in [0.1, 0.15) is 39.0 Å². The van der Waals surface area contributed by atoms with Crippen molar-refractivity contribution in [3.05, 3.63) is 12.3 Å². The second-order valence-electron chi connectivity index (χ2n) is 5.23. The second-order valence-corrected chi connectivity index (χ2v) is 5.23. The lowest BCUT2D eigenvalue weighted by Gasteiger charge is -2.22. The Morgan fingerprint density at radius 3 is 3.00 bits per heavy atom. The van der Waals surface area contributed by atoms with Crippen LogP contribution >= 0.6 is 0 Å². The van der Waals surface area contributed by atoms with Crippen LogP contribution in [0.15, 0.2) is 12.3 Å². The summed E-state index contributed by atoms with van der Waals surface area (Å²) >= 11 is 0. The summed E-state index contributed by atoms with van der Waals surface area (Å²) in [5.41, 5.74) is 5.52. The number of aromatic nitrogens is 2. The first-order valence-corrected chi connectivity index (χ1v) is 6.73. The van der Waals surface area contributed by atoms with Gasteiger partial charge in [0.1, 0.15) is 12.4 Å². The fraction of sp³-hybridized carbons (Fsp3) is 0.692. The van der Waals surface area contributed by atoms with Crippen LogP contribution in [0, 0.1) is 5.92 Å². The highest BCUT2D eigenvalue weighted by Crippen LogP contribution is 2.22. The number of hydrogen-bond donors (Lipinski definition) is 2. The van der Waals surface area contributed by atoms with Gasteiger partial charge in [-0.3, -0.25) is 9.48 Å². The highest BCUT2D eigenvalue weighted by atomic mass is 16.2. The van der Waals surface area contributed by atoms with Crippen LogP contribution in [0.5, 0.6) is 0 Å². The largest absolute Gasteiger partial charge is 0.382 e. The summed E-state index contributed by atoms with van der Waals surface area (Å²) in [7, 11) is 0. The van der Waals surface area contributed by atoms with E-state index < -0.39 is 0 Å². The predicted octanol–water partition coefficient (Wildman–Crippen LogP) is 1.55. The lowest BCUT2D eigenvalue weighted by atomic mass is 9.97. The Morgan fingerprint density at radius 2 is 2.28 bits per heavy atom. The monoisotopic (exact) mass is 250 g/mol. The van der Waals surface area contributed by atoms with Crippen molar-refractivity contribution in [1.82, 2.24) is 15.1 Å². The lowest BCUT2D eigenvalue weighted by molar-refractivity contribution is -0.122. The number of carbonyl (C=O) groups is 1. The number of nitrogens with one attached hydrogen (secondary N) is 1. The molecule has 1 heterocycles. The second kappa shape index (κ2) is 5.89. The molecule has 0 spiro atoms. The molecule has 3 N–H and O–H groups in total. The standard InChI is InChI=1S/C13H22N4O/c1-10-5-3-2-4-6-11(10)15-13(18)9-17-8-7-12(14)16-17/h7-8,10-11H,2-6,9H2,1H3,(H2,14,16)(H,15,18). The SMILES string of the molecule is CC1CCCCCC1NC(=O)Cn1ccc(N)n1. The van der Waals surface area contributed by atoms with Gasteiger partial charge in [-0.25, -0.2) is 0 Å². The quantitative estimate of drug-likeness (QED) is 0.799. The predicted molar refractivity (Wildman–Crippen MR) is 70.8 cm³/mol. The van der Waals surface area contributed by atoms with Gasteiger partial charge in [-0.1, -0.05) is 26.2 Å². The summed E-state index contributed by atoms with van der Waals surface area (Å²) in [5, 5.41) is 7.14. The van der Waals surface area contributed by atoms with E-state index in [2.05, 4.69) is 17.3 Å². The Morgan fingerprint density at radius 1 is 1.50 bits per heavy atom. The normalized spacial score (nSPS) is 24.5. The third-order valence-corrected chi connectivity index (χ3v) is 3.67. The van der Waals surface area contributed by atoms with E-state index in [1.807, 2.05) is 0 Å². The molecule has 0 saturated heterocycles. The Bertz CT molecular complexity index is 401. The van der Waals surface area contributed by atoms with Gasteiger partial charge >= 0.3 is 0 Å². The number of rotatable bonds is 3. The molecule has 1 amide bonds. The van der Waals surface area contributed by atoms with Crippen LogP contribution < -0.4 is 11.1 Å². The van der Waals surface area contributed by atoms with Gasteiger partial charge in [0.25, 0.3) is 0 Å². The fourth-order valence-corrected chi connectivity index (χ4v) is 2.57. The first kappa shape index (κ1) is 12.9. The van der Waals surface area contributed by atoms with Crippen LogP contribution in [0.3, 0.4) is 0 Å². The molecule has 18 heavy (non-hydrogen) atoms. The topological polar surface area (TPSA) is 72.9 Å². The van der Waals surface area contributed by atoms with E-state index in [1.165, 1.54) is 25.7 Å². The number of carbonyl (C=O) groups excluding carboxylic acids is 1. The maximum Gasteiger partial charge on any atom is 0.241 e. The van der Waals surface area contributed by atoms with Crippen molar-refractivity contribution in [3.8, 4) is 0 Å². The molecule has 0 aliphatic heterocycles. The zero-order chi connectivity index (χ0) is 13.0. The van der Waals surface area contributed by atoms with Crippen molar-refractivity contribution >= 4 is 11.7 Å². The summed E-state index contributed by atoms with van der Waals surface area (Å²) < 4.78 is 1.58. The van der Waals surface area contributed by atoms with E-state index >= 15 is 0 Å². The molecule has 5 heteroatoms. The van der Waals surface area contributed by atoms with Crippen LogP contribution in [0.4, 0.5) is 5.82 Å². The minimum absolute atomic E-state index is 0.0249. The lowest BCUT2D eigenvalue weighted by Crippen LogP contribution is -2.40. The first-order valence-electron chi connectivity index (χ1n) is 6.73. The van der Waals surface area contributed by atoms with Crippen molar-refractivity contribution in [2.24, 2.45) is 5.92 Å². The molecule has 5 nitrogen and oxygen atoms in total. The molecule has 2 unspecified atom stereocenters. The summed E-state index contributed by atoms with van der Waals surface area (Å²) in [6, 6.07) is 2.01. The Balaban J connectivity index is 1.86. The molecule has 1 aliphatic carbocycles. The van der Waals surface area contributed by atoms with Gasteiger partial charge in [0.05, 0.1) is 0 Å². The third kappa shape index (κ3) is 3.48. The van der Waals surface area contributed by atoms with E-state index in [0.29, 0.717) is 17.8 Å². The Kier molecular flexibility index (Phi) is 4.23. The van der Waals surface area contributed by atoms with Crippen LogP contribution in [0.2, 0.25) is 0 Å². The summed E-state index contributed by atoms with van der Waals surface area (Å²) in [6.45, 7) is 2.47. The highest BCUT2D eigenvalue weighted by Gasteiger charge is 2.21. The van der Waals surface area contributed by atoms with Crippen molar-refractivity contribution in [3.63, 3.8) is 0 Å². The smallest absolute Gasteiger partial charge is 0.241 e. The van der Waals surface area contributed by atoms with Gasteiger partial charge in [-0.2, -0.15) is 5.10 Å². The van der Waals surface area contributed by atoms with Gasteiger partial charge in [0.15, 0.2) is 0 Å². The summed E-state index contributed by atoms with van der Waals surface area (Å²) in [5.74, 6) is 1.04. The van der Waals surface area contributed by atoms with Gasteiger partial charge in [0, 0.05) is 12.2 Å². The molecule has 1 aromatic heterocycles. The average Bonchev–Trinajstić information content (AvgIpc) is 2.61. The van der Waals surface area contributed by atoms with Crippen LogP contribution in [0.25, 0.3) is 0 Å². The number of hydrogen-bond acceptors (Lipinski definition) is 3. The number of nitrogens with zero attached hydrogens (tertiary/aromatic N) is 2. The average molecular weight is 250 g/mol. The van der Waals surface area contributed by atoms with Crippen molar-refractivity contribution in [1.29, 1.82) is 0 Å². The van der Waals surface area contributed by atoms with E-state index in [-0.39, 0.29) is 12.5 Å². The van der Waals surface area contributed by atoms with Crippen LogP contribution in [-0.2, 0) is 11.3 Å². The molecule has 1 aromatic rings. The zero-order valence-corrected chi connectivity index (χ0v) is 10.9. The van der Waals surface area contributed by atoms with E-state index in [9.17, 15) is 4.79 Å². The minimum Gasteiger partial charge on any atom is -0.382 e. The number of nitrogen functional groups attached to an aromatic ring is 1. The molecular formula is C13H22N4O.